The van der Waals surface area contributed by atoms with Gasteiger partial charge in [-0.15, -0.1) is 0 Å². The van der Waals surface area contributed by atoms with E-state index in [1.165, 1.54) is 19.3 Å². The number of unbranched alkanes of at least 4 members (excludes halogenated alkanes) is 4. The van der Waals surface area contributed by atoms with Crippen LogP contribution in [0.4, 0.5) is 0 Å². The van der Waals surface area contributed by atoms with Crippen LogP contribution in [0.25, 0.3) is 0 Å². The van der Waals surface area contributed by atoms with Gasteiger partial charge in [-0.3, -0.25) is 4.79 Å². The Hall–Kier alpha value is -4.13. The summed E-state index contributed by atoms with van der Waals surface area (Å²) in [6.45, 7) is 13.1. The lowest BCUT2D eigenvalue weighted by Crippen LogP contribution is -2.42. The third kappa shape index (κ3) is 11.9. The Labute approximate surface area is 256 Å². The molecular weight excluding hydrogens is 542 g/mol. The molecule has 3 rings (SSSR count). The highest BCUT2D eigenvalue weighted by atomic mass is 16.5. The number of nitrogens with one attached hydrogen (secondary N) is 1. The molecule has 0 saturated heterocycles. The summed E-state index contributed by atoms with van der Waals surface area (Å²) < 4.78 is 11.2. The van der Waals surface area contributed by atoms with Crippen molar-refractivity contribution in [1.29, 1.82) is 0 Å². The molecule has 43 heavy (non-hydrogen) atoms. The van der Waals surface area contributed by atoms with Crippen LogP contribution in [0.2, 0.25) is 0 Å². The molecule has 0 aliphatic carbocycles. The molecule has 7 heteroatoms. The summed E-state index contributed by atoms with van der Waals surface area (Å²) >= 11 is 0. The molecule has 0 heterocycles. The van der Waals surface area contributed by atoms with Gasteiger partial charge in [0, 0.05) is 12.0 Å². The molecule has 0 aliphatic heterocycles. The molecule has 0 fully saturated rings. The molecule has 0 aliphatic rings. The molecule has 1 unspecified atom stereocenters. The smallest absolute Gasteiger partial charge is 0.343 e. The fourth-order valence-electron chi connectivity index (χ4n) is 4.24. The number of carboxylic acid groups (broad SMARTS) is 1. The van der Waals surface area contributed by atoms with Crippen molar-refractivity contribution in [3.8, 4) is 11.5 Å². The Morgan fingerprint density at radius 2 is 1.33 bits per heavy atom. The van der Waals surface area contributed by atoms with Gasteiger partial charge in [-0.2, -0.15) is 0 Å². The van der Waals surface area contributed by atoms with Crippen molar-refractivity contribution in [2.24, 2.45) is 0 Å². The first-order chi connectivity index (χ1) is 20.6. The Bertz CT molecular complexity index is 1280. The van der Waals surface area contributed by atoms with Gasteiger partial charge in [-0.05, 0) is 71.5 Å². The zero-order chi connectivity index (χ0) is 31.8. The van der Waals surface area contributed by atoms with Crippen molar-refractivity contribution < 1.29 is 29.0 Å². The van der Waals surface area contributed by atoms with Crippen molar-refractivity contribution in [1.82, 2.24) is 5.32 Å². The minimum Gasteiger partial charge on any atom is -0.494 e. The zero-order valence-electron chi connectivity index (χ0n) is 26.4. The quantitative estimate of drug-likeness (QED) is 0.112. The third-order valence-electron chi connectivity index (χ3n) is 6.80. The van der Waals surface area contributed by atoms with Gasteiger partial charge < -0.3 is 19.9 Å². The summed E-state index contributed by atoms with van der Waals surface area (Å²) in [5.41, 5.74) is 2.50. The van der Waals surface area contributed by atoms with Gasteiger partial charge >= 0.3 is 11.9 Å². The van der Waals surface area contributed by atoms with Crippen LogP contribution < -0.4 is 14.8 Å². The number of rotatable bonds is 14. The van der Waals surface area contributed by atoms with Crippen LogP contribution in [-0.4, -0.2) is 35.6 Å². The molecular formula is C36H47NO6. The molecule has 1 atom stereocenters. The summed E-state index contributed by atoms with van der Waals surface area (Å²) in [5.74, 6) is -1.04. The molecule has 1 amide bonds. The van der Waals surface area contributed by atoms with E-state index in [1.807, 2.05) is 26.0 Å². The molecule has 0 aromatic heterocycles. The second-order valence-electron chi connectivity index (χ2n) is 11.2. The van der Waals surface area contributed by atoms with E-state index < -0.39 is 23.9 Å². The van der Waals surface area contributed by atoms with Crippen molar-refractivity contribution in [2.75, 3.05) is 6.61 Å². The number of hydrogen-bond acceptors (Lipinski definition) is 5. The van der Waals surface area contributed by atoms with Crippen molar-refractivity contribution in [3.05, 3.63) is 95.1 Å². The van der Waals surface area contributed by atoms with Gasteiger partial charge in [0.15, 0.2) is 0 Å². The van der Waals surface area contributed by atoms with Crippen molar-refractivity contribution >= 4 is 17.8 Å². The lowest BCUT2D eigenvalue weighted by molar-refractivity contribution is -0.139. The van der Waals surface area contributed by atoms with Crippen LogP contribution in [0.15, 0.2) is 72.8 Å². The molecule has 0 spiro atoms. The second-order valence-corrected chi connectivity index (χ2v) is 11.2. The molecule has 3 aromatic rings. The molecule has 0 bridgehead atoms. The SMILES string of the molecule is CC.CCCCCCCOc1ccc(C(=O)Oc2ccc(CC(NC(=O)c3ccc(C(C)(C)C)cc3)C(=O)O)cc2)cc1. The van der Waals surface area contributed by atoms with Crippen LogP contribution >= 0.6 is 0 Å². The summed E-state index contributed by atoms with van der Waals surface area (Å²) in [6.07, 6.45) is 5.90. The Morgan fingerprint density at radius 1 is 0.767 bits per heavy atom. The van der Waals surface area contributed by atoms with E-state index in [2.05, 4.69) is 33.0 Å². The average Bonchev–Trinajstić information content (AvgIpc) is 3.00. The predicted octanol–water partition coefficient (Wildman–Crippen LogP) is 8.00. The van der Waals surface area contributed by atoms with E-state index in [0.29, 0.717) is 34.8 Å². The van der Waals surface area contributed by atoms with Gasteiger partial charge in [0.1, 0.15) is 17.5 Å². The molecule has 0 saturated carbocycles. The molecule has 3 aromatic carbocycles. The summed E-state index contributed by atoms with van der Waals surface area (Å²) in [7, 11) is 0. The largest absolute Gasteiger partial charge is 0.494 e. The third-order valence-corrected chi connectivity index (χ3v) is 6.80. The van der Waals surface area contributed by atoms with Crippen LogP contribution in [0.1, 0.15) is 105 Å². The molecule has 7 nitrogen and oxygen atoms in total. The molecule has 2 N–H and O–H groups in total. The standard InChI is InChI=1S/C34H41NO6.C2H6/c1-5-6-7-8-9-22-40-28-20-14-26(15-21-28)33(39)41-29-18-10-24(11-19-29)23-30(32(37)38)35-31(36)25-12-16-27(17-13-25)34(2,3)4;1-2/h10-21,30H,5-9,22-23H2,1-4H3,(H,35,36)(H,37,38);1-2H3. The van der Waals surface area contributed by atoms with Crippen molar-refractivity contribution in [3.63, 3.8) is 0 Å². The number of benzene rings is 3. The number of aliphatic carboxylic acids is 1. The number of ether oxygens (including phenoxy) is 2. The predicted molar refractivity (Wildman–Crippen MR) is 171 cm³/mol. The topological polar surface area (TPSA) is 102 Å². The number of amides is 1. The monoisotopic (exact) mass is 589 g/mol. The van der Waals surface area contributed by atoms with Gasteiger partial charge in [-0.1, -0.05) is 91.5 Å². The highest BCUT2D eigenvalue weighted by Gasteiger charge is 2.22. The van der Waals surface area contributed by atoms with Crippen LogP contribution in [0.5, 0.6) is 11.5 Å². The highest BCUT2D eigenvalue weighted by Crippen LogP contribution is 2.22. The van der Waals surface area contributed by atoms with E-state index in [-0.39, 0.29) is 11.8 Å². The summed E-state index contributed by atoms with van der Waals surface area (Å²) in [5, 5.41) is 12.3. The first kappa shape index (κ1) is 35.1. The molecule has 0 radical (unpaired) electrons. The maximum absolute atomic E-state index is 12.7. The van der Waals surface area contributed by atoms with Crippen LogP contribution in [0.3, 0.4) is 0 Å². The first-order valence-corrected chi connectivity index (χ1v) is 15.2. The van der Waals surface area contributed by atoms with Crippen LogP contribution in [0, 0.1) is 0 Å². The lowest BCUT2D eigenvalue weighted by Gasteiger charge is -2.19. The number of carbonyl (C=O) groups is 3. The number of hydrogen-bond donors (Lipinski definition) is 2. The van der Waals surface area contributed by atoms with Crippen molar-refractivity contribution in [2.45, 2.75) is 91.5 Å². The van der Waals surface area contributed by atoms with E-state index >= 15 is 0 Å². The van der Waals surface area contributed by atoms with E-state index in [1.54, 1.807) is 60.7 Å². The van der Waals surface area contributed by atoms with Crippen LogP contribution in [-0.2, 0) is 16.6 Å². The maximum Gasteiger partial charge on any atom is 0.343 e. The first-order valence-electron chi connectivity index (χ1n) is 15.2. The maximum atomic E-state index is 12.7. The van der Waals surface area contributed by atoms with E-state index in [0.717, 1.165) is 18.4 Å². The summed E-state index contributed by atoms with van der Waals surface area (Å²) in [6, 6.07) is 19.5. The highest BCUT2D eigenvalue weighted by molar-refractivity contribution is 5.96. The Balaban J connectivity index is 0.00000316. The average molecular weight is 590 g/mol. The summed E-state index contributed by atoms with van der Waals surface area (Å²) in [4.78, 5) is 37.2. The van der Waals surface area contributed by atoms with E-state index in [9.17, 15) is 19.5 Å². The van der Waals surface area contributed by atoms with Gasteiger partial charge in [0.25, 0.3) is 5.91 Å². The van der Waals surface area contributed by atoms with Gasteiger partial charge in [-0.25, -0.2) is 9.59 Å². The Kier molecular flexibility index (Phi) is 14.5. The molecule has 232 valence electrons. The lowest BCUT2D eigenvalue weighted by atomic mass is 9.86. The normalized spacial score (nSPS) is 11.5. The zero-order valence-corrected chi connectivity index (χ0v) is 26.4. The number of carbonyl (C=O) groups excluding carboxylic acids is 2. The van der Waals surface area contributed by atoms with Gasteiger partial charge in [0.2, 0.25) is 0 Å². The fourth-order valence-corrected chi connectivity index (χ4v) is 4.24. The van der Waals surface area contributed by atoms with Gasteiger partial charge in [0.05, 0.1) is 12.2 Å². The second kappa shape index (κ2) is 17.7. The Morgan fingerprint density at radius 3 is 1.88 bits per heavy atom. The van der Waals surface area contributed by atoms with E-state index in [4.69, 9.17) is 9.47 Å². The number of esters is 1. The fraction of sp³-hybridized carbons (Fsp3) is 0.417. The minimum absolute atomic E-state index is 0.0500. The number of carboxylic acids is 1. The minimum atomic E-state index is -1.14.